The summed E-state index contributed by atoms with van der Waals surface area (Å²) in [5.74, 6) is 1.22. The predicted octanol–water partition coefficient (Wildman–Crippen LogP) is 12.9. The van der Waals surface area contributed by atoms with E-state index in [1.807, 2.05) is 291 Å². The van der Waals surface area contributed by atoms with Gasteiger partial charge in [0.2, 0.25) is 0 Å². The molecule has 0 N–H and O–H groups in total. The third kappa shape index (κ3) is 31.1. The summed E-state index contributed by atoms with van der Waals surface area (Å²) in [7, 11) is -6.74. The monoisotopic (exact) mass is 1340 g/mol. The molecule has 12 nitrogen and oxygen atoms in total. The Morgan fingerprint density at radius 1 is 0.221 bits per heavy atom. The van der Waals surface area contributed by atoms with Crippen LogP contribution in [0.4, 0.5) is 0 Å². The molecule has 0 saturated carbocycles. The van der Waals surface area contributed by atoms with Gasteiger partial charge in [-0.05, 0) is 59.1 Å². The SMILES string of the molecule is C1=CCCCCC=C1.O=C1CC=CC=C1c1ccccc1.O=C1CC=CC=C1c1ccccc1.O=C1CC=CC=C1c1ccccc1.O=C1CC=CC=C1c1ccccc1.O=C1CC=CC=C1c1ccccc1.O=C1CC=CC=C1c1ccccc1.[Ni+3].[O-]P([O-])[O-].[O-]P([O-])[O-]. The Morgan fingerprint density at radius 2 is 0.368 bits per heavy atom. The molecule has 0 atom stereocenters. The van der Waals surface area contributed by atoms with E-state index in [4.69, 9.17) is 29.4 Å². The topological polar surface area (TPSA) is 241 Å². The Morgan fingerprint density at radius 3 is 0.505 bits per heavy atom. The van der Waals surface area contributed by atoms with Crippen LogP contribution >= 0.6 is 17.2 Å². The molecule has 0 heterocycles. The van der Waals surface area contributed by atoms with Crippen molar-refractivity contribution in [3.8, 4) is 0 Å². The summed E-state index contributed by atoms with van der Waals surface area (Å²) in [6.07, 6.45) is 51.3. The van der Waals surface area contributed by atoms with Crippen LogP contribution in [0.3, 0.4) is 0 Å². The van der Waals surface area contributed by atoms with Gasteiger partial charge in [0.05, 0.1) is 0 Å². The number of benzene rings is 6. The second kappa shape index (κ2) is 46.8. The van der Waals surface area contributed by atoms with E-state index >= 15 is 0 Å². The van der Waals surface area contributed by atoms with E-state index in [1.54, 1.807) is 0 Å². The average molecular weight is 1350 g/mol. The summed E-state index contributed by atoms with van der Waals surface area (Å²) in [5.41, 5.74) is 11.0. The van der Waals surface area contributed by atoms with Gasteiger partial charge in [0.15, 0.2) is 34.7 Å². The Hall–Kier alpha value is -9.19. The number of carbonyl (C=O) groups is 6. The van der Waals surface area contributed by atoms with Gasteiger partial charge in [-0.15, -0.1) is 0 Å². The Balaban J connectivity index is 0.000000232. The van der Waals surface area contributed by atoms with E-state index < -0.39 is 17.2 Å². The van der Waals surface area contributed by atoms with Crippen LogP contribution in [-0.2, 0) is 45.3 Å². The molecule has 1 radical (unpaired) electrons. The van der Waals surface area contributed by atoms with Crippen LogP contribution in [0, 0.1) is 0 Å². The van der Waals surface area contributed by atoms with Crippen LogP contribution < -0.4 is 29.4 Å². The van der Waals surface area contributed by atoms with Crippen molar-refractivity contribution in [1.29, 1.82) is 0 Å². The minimum absolute atomic E-state index is 0. The average Bonchev–Trinajstić information content (AvgIpc) is 1.22. The molecule has 95 heavy (non-hydrogen) atoms. The molecule has 6 aromatic carbocycles. The van der Waals surface area contributed by atoms with E-state index in [-0.39, 0.29) is 51.2 Å². The molecule has 0 amide bonds. The van der Waals surface area contributed by atoms with Crippen molar-refractivity contribution < 1.29 is 74.6 Å². The quantitative estimate of drug-likeness (QED) is 0.112. The van der Waals surface area contributed by atoms with Crippen LogP contribution in [-0.4, -0.2) is 34.7 Å². The van der Waals surface area contributed by atoms with Gasteiger partial charge in [-0.2, -0.15) is 0 Å². The second-order valence-electron chi connectivity index (χ2n) is 20.6. The number of ketones is 6. The Labute approximate surface area is 569 Å². The van der Waals surface area contributed by atoms with Crippen LogP contribution in [0.2, 0.25) is 0 Å². The summed E-state index contributed by atoms with van der Waals surface area (Å²) in [6, 6.07) is 58.6. The van der Waals surface area contributed by atoms with E-state index in [9.17, 15) is 28.8 Å². The van der Waals surface area contributed by atoms with Crippen molar-refractivity contribution in [1.82, 2.24) is 0 Å². The fourth-order valence-electron chi connectivity index (χ4n) is 9.38. The van der Waals surface area contributed by atoms with E-state index in [0.717, 1.165) is 66.8 Å². The first-order valence-corrected chi connectivity index (χ1v) is 32.6. The molecule has 0 aromatic heterocycles. The normalized spacial score (nSPS) is 15.3. The minimum Gasteiger partial charge on any atom is -0.854 e. The molecule has 487 valence electrons. The van der Waals surface area contributed by atoms with Gasteiger partial charge in [0.1, 0.15) is 0 Å². The van der Waals surface area contributed by atoms with Crippen molar-refractivity contribution in [2.24, 2.45) is 0 Å². The largest absolute Gasteiger partial charge is 3.00 e. The minimum atomic E-state index is -3.37. The van der Waals surface area contributed by atoms with Gasteiger partial charge in [-0.3, -0.25) is 28.8 Å². The van der Waals surface area contributed by atoms with Crippen molar-refractivity contribution in [2.75, 3.05) is 0 Å². The second-order valence-corrected chi connectivity index (χ2v) is 21.5. The first-order chi connectivity index (χ1) is 45.7. The summed E-state index contributed by atoms with van der Waals surface area (Å²) >= 11 is 0. The number of hydrogen-bond acceptors (Lipinski definition) is 12. The smallest absolute Gasteiger partial charge is 0.854 e. The summed E-state index contributed by atoms with van der Waals surface area (Å²) < 4.78 is 0. The maximum atomic E-state index is 11.5. The van der Waals surface area contributed by atoms with E-state index in [2.05, 4.69) is 24.3 Å². The molecule has 7 aliphatic carbocycles. The molecule has 0 unspecified atom stereocenters. The number of carbonyl (C=O) groups excluding carboxylic acids is 6. The first-order valence-electron chi connectivity index (χ1n) is 30.4. The summed E-state index contributed by atoms with van der Waals surface area (Å²) in [4.78, 5) is 120. The fraction of sp³-hybridized carbons (Fsp3) is 0.125. The summed E-state index contributed by atoms with van der Waals surface area (Å²) in [6.45, 7) is 0. The van der Waals surface area contributed by atoms with E-state index in [0.29, 0.717) is 38.5 Å². The molecule has 0 aliphatic heterocycles. The molecule has 0 spiro atoms. The molecule has 0 bridgehead atoms. The molecule has 6 aromatic rings. The van der Waals surface area contributed by atoms with Gasteiger partial charge < -0.3 is 46.6 Å². The van der Waals surface area contributed by atoms with Crippen LogP contribution in [0.25, 0.3) is 33.4 Å². The van der Waals surface area contributed by atoms with Gasteiger partial charge in [0.25, 0.3) is 0 Å². The number of hydrogen-bond donors (Lipinski definition) is 0. The van der Waals surface area contributed by atoms with E-state index in [1.165, 1.54) is 25.7 Å². The fourth-order valence-corrected chi connectivity index (χ4v) is 9.38. The third-order valence-electron chi connectivity index (χ3n) is 13.9. The zero-order chi connectivity index (χ0) is 67.4. The van der Waals surface area contributed by atoms with Crippen molar-refractivity contribution >= 4 is 85.3 Å². The molecule has 0 saturated heterocycles. The molecular formula is C80H72NiO12P2-3. The maximum Gasteiger partial charge on any atom is 3.00 e. The van der Waals surface area contributed by atoms with Gasteiger partial charge >= 0.3 is 16.5 Å². The molecular weight excluding hydrogens is 1270 g/mol. The maximum absolute atomic E-state index is 11.5. The summed E-state index contributed by atoms with van der Waals surface area (Å²) in [5, 5.41) is 0. The van der Waals surface area contributed by atoms with Crippen LogP contribution in [0.1, 0.15) is 97.6 Å². The Bertz CT molecular complexity index is 3210. The van der Waals surface area contributed by atoms with Gasteiger partial charge in [0, 0.05) is 72.0 Å². The number of Topliss-reactive ketones (excluding diaryl/α,β-unsaturated/α-hetero) is 6. The van der Waals surface area contributed by atoms with Crippen molar-refractivity contribution in [3.05, 3.63) is 349 Å². The van der Waals surface area contributed by atoms with Crippen LogP contribution in [0.5, 0.6) is 0 Å². The zero-order valence-corrected chi connectivity index (χ0v) is 55.0. The molecule has 13 rings (SSSR count). The van der Waals surface area contributed by atoms with Crippen LogP contribution in [0.15, 0.2) is 316 Å². The molecule has 15 heteroatoms. The predicted molar refractivity (Wildman–Crippen MR) is 370 cm³/mol. The van der Waals surface area contributed by atoms with Gasteiger partial charge in [-0.25, -0.2) is 0 Å². The standard InChI is InChI=1S/6C12H10O.C8H12.Ni.2O3P/c6*13-12-9-5-4-8-11(12)10-6-2-1-3-7-10;1-2-4-6-8-7-5-3-1;;2*1-4(2)3/h6*1-8H,9H2;1-4H,5-8H2;;;/q;;;;;;;+3;2*-3. The van der Waals surface area contributed by atoms with Crippen molar-refractivity contribution in [3.63, 3.8) is 0 Å². The Kier molecular flexibility index (Phi) is 38.6. The van der Waals surface area contributed by atoms with Gasteiger partial charge in [-0.1, -0.05) is 316 Å². The first kappa shape index (κ1) is 78.3. The third-order valence-corrected chi connectivity index (χ3v) is 13.9. The number of allylic oxidation sites excluding steroid dienone is 28. The number of rotatable bonds is 6. The molecule has 7 aliphatic rings. The molecule has 0 fully saturated rings. The zero-order valence-electron chi connectivity index (χ0n) is 52.2. The van der Waals surface area contributed by atoms with Crippen molar-refractivity contribution in [2.45, 2.75) is 64.2 Å².